The summed E-state index contributed by atoms with van der Waals surface area (Å²) < 4.78 is 33.4. The highest BCUT2D eigenvalue weighted by Crippen LogP contribution is 2.34. The van der Waals surface area contributed by atoms with Crippen LogP contribution >= 0.6 is 10.7 Å². The van der Waals surface area contributed by atoms with E-state index in [0.29, 0.717) is 6.54 Å². The van der Waals surface area contributed by atoms with Crippen molar-refractivity contribution in [3.63, 3.8) is 0 Å². The Morgan fingerprint density at radius 3 is 2.64 bits per heavy atom. The molecule has 1 aliphatic rings. The summed E-state index contributed by atoms with van der Waals surface area (Å²) >= 11 is 0. The van der Waals surface area contributed by atoms with Crippen molar-refractivity contribution in [1.82, 2.24) is 4.90 Å². The molecule has 2 heterocycles. The fourth-order valence-electron chi connectivity index (χ4n) is 3.12. The first-order valence-corrected chi connectivity index (χ1v) is 10.3. The van der Waals surface area contributed by atoms with Crippen LogP contribution in [0.5, 0.6) is 0 Å². The number of benzene rings is 1. The first-order chi connectivity index (χ1) is 11.9. The van der Waals surface area contributed by atoms with E-state index in [1.54, 1.807) is 12.3 Å². The highest BCUT2D eigenvalue weighted by atomic mass is 35.7. The number of amides is 1. The average Bonchev–Trinajstić information content (AvgIpc) is 3.21. The van der Waals surface area contributed by atoms with Gasteiger partial charge in [-0.05, 0) is 17.2 Å². The molecule has 1 aromatic heterocycles. The van der Waals surface area contributed by atoms with E-state index < -0.39 is 15.1 Å². The van der Waals surface area contributed by atoms with Crippen molar-refractivity contribution in [3.8, 4) is 0 Å². The molecule has 2 aromatic rings. The van der Waals surface area contributed by atoms with Crippen molar-refractivity contribution in [2.24, 2.45) is 5.92 Å². The zero-order chi connectivity index (χ0) is 17.9. The molecule has 0 saturated carbocycles. The lowest BCUT2D eigenvalue weighted by molar-refractivity contribution is 0.103. The standard InChI is InChI=1S/C17H18ClNO5S/c18-25(21,22)12-15-8-19(9-16(15)14-6-7-23-11-14)17(20)24-10-13-4-2-1-3-5-13/h1-7,11,15-16H,8-10,12H2. The minimum Gasteiger partial charge on any atom is -0.472 e. The summed E-state index contributed by atoms with van der Waals surface area (Å²) in [6, 6.07) is 11.1. The van der Waals surface area contributed by atoms with Gasteiger partial charge in [-0.3, -0.25) is 0 Å². The van der Waals surface area contributed by atoms with Gasteiger partial charge in [0.25, 0.3) is 0 Å². The van der Waals surface area contributed by atoms with E-state index in [0.717, 1.165) is 11.1 Å². The molecule has 0 radical (unpaired) electrons. The molecule has 0 spiro atoms. The summed E-state index contributed by atoms with van der Waals surface area (Å²) in [6.45, 7) is 0.810. The molecule has 1 aliphatic heterocycles. The van der Waals surface area contributed by atoms with E-state index in [2.05, 4.69) is 0 Å². The average molecular weight is 384 g/mol. The number of carbonyl (C=O) groups is 1. The quantitative estimate of drug-likeness (QED) is 0.741. The van der Waals surface area contributed by atoms with Crippen molar-refractivity contribution in [3.05, 3.63) is 60.1 Å². The monoisotopic (exact) mass is 383 g/mol. The van der Waals surface area contributed by atoms with E-state index in [4.69, 9.17) is 19.8 Å². The van der Waals surface area contributed by atoms with Crippen LogP contribution in [0.1, 0.15) is 17.0 Å². The van der Waals surface area contributed by atoms with E-state index in [1.807, 2.05) is 30.3 Å². The molecular formula is C17H18ClNO5S. The number of nitrogens with zero attached hydrogens (tertiary/aromatic N) is 1. The smallest absolute Gasteiger partial charge is 0.410 e. The van der Waals surface area contributed by atoms with Crippen molar-refractivity contribution in [2.75, 3.05) is 18.8 Å². The van der Waals surface area contributed by atoms with Gasteiger partial charge >= 0.3 is 6.09 Å². The molecule has 0 N–H and O–H groups in total. The van der Waals surface area contributed by atoms with Crippen LogP contribution in [0.3, 0.4) is 0 Å². The fraction of sp³-hybridized carbons (Fsp3) is 0.353. The minimum atomic E-state index is -3.67. The zero-order valence-corrected chi connectivity index (χ0v) is 14.9. The summed E-state index contributed by atoms with van der Waals surface area (Å²) in [7, 11) is 1.75. The molecule has 2 atom stereocenters. The van der Waals surface area contributed by atoms with Crippen molar-refractivity contribution >= 4 is 25.8 Å². The van der Waals surface area contributed by atoms with Crippen LogP contribution < -0.4 is 0 Å². The molecule has 134 valence electrons. The van der Waals surface area contributed by atoms with E-state index >= 15 is 0 Å². The molecule has 1 saturated heterocycles. The number of furan rings is 1. The van der Waals surface area contributed by atoms with Crippen LogP contribution in [0.15, 0.2) is 53.3 Å². The molecule has 6 nitrogen and oxygen atoms in total. The highest BCUT2D eigenvalue weighted by Gasteiger charge is 2.39. The van der Waals surface area contributed by atoms with Gasteiger partial charge in [-0.25, -0.2) is 13.2 Å². The van der Waals surface area contributed by atoms with Gasteiger partial charge in [-0.1, -0.05) is 30.3 Å². The molecule has 2 unspecified atom stereocenters. The highest BCUT2D eigenvalue weighted by molar-refractivity contribution is 8.13. The Morgan fingerprint density at radius 2 is 2.00 bits per heavy atom. The zero-order valence-electron chi connectivity index (χ0n) is 13.4. The van der Waals surface area contributed by atoms with Crippen LogP contribution in [-0.4, -0.2) is 38.3 Å². The second-order valence-electron chi connectivity index (χ2n) is 6.07. The molecular weight excluding hydrogens is 366 g/mol. The van der Waals surface area contributed by atoms with E-state index in [1.165, 1.54) is 11.2 Å². The molecule has 1 fully saturated rings. The van der Waals surface area contributed by atoms with Crippen LogP contribution in [0, 0.1) is 5.92 Å². The Labute approximate surface area is 150 Å². The van der Waals surface area contributed by atoms with Crippen molar-refractivity contribution in [1.29, 1.82) is 0 Å². The number of ether oxygens (including phenoxy) is 1. The van der Waals surface area contributed by atoms with Gasteiger partial charge in [-0.15, -0.1) is 0 Å². The number of rotatable bonds is 5. The van der Waals surface area contributed by atoms with Gasteiger partial charge in [0.05, 0.1) is 18.3 Å². The lowest BCUT2D eigenvalue weighted by atomic mass is 9.92. The third-order valence-electron chi connectivity index (χ3n) is 4.29. The molecule has 3 rings (SSSR count). The van der Waals surface area contributed by atoms with Gasteiger partial charge in [0, 0.05) is 35.6 Å². The lowest BCUT2D eigenvalue weighted by Gasteiger charge is -2.16. The van der Waals surface area contributed by atoms with E-state index in [-0.39, 0.29) is 30.7 Å². The number of hydrogen-bond donors (Lipinski definition) is 0. The Kier molecular flexibility index (Phi) is 5.34. The summed E-state index contributed by atoms with van der Waals surface area (Å²) in [5.74, 6) is -0.659. The second-order valence-corrected chi connectivity index (χ2v) is 8.90. The first kappa shape index (κ1) is 17.8. The SMILES string of the molecule is O=C(OCc1ccccc1)N1CC(CS(=O)(=O)Cl)C(c2ccoc2)C1. The normalized spacial score (nSPS) is 20.6. The maximum atomic E-state index is 12.3. The summed E-state index contributed by atoms with van der Waals surface area (Å²) in [6.07, 6.45) is 2.63. The molecule has 8 heteroatoms. The summed E-state index contributed by atoms with van der Waals surface area (Å²) in [5.41, 5.74) is 1.74. The molecule has 1 amide bonds. The Morgan fingerprint density at radius 1 is 1.24 bits per heavy atom. The number of hydrogen-bond acceptors (Lipinski definition) is 5. The molecule has 1 aromatic carbocycles. The van der Waals surface area contributed by atoms with Gasteiger partial charge in [0.1, 0.15) is 6.61 Å². The van der Waals surface area contributed by atoms with Gasteiger partial charge in [0.15, 0.2) is 0 Å². The largest absolute Gasteiger partial charge is 0.472 e. The number of halogens is 1. The van der Waals surface area contributed by atoms with Crippen LogP contribution in [0.25, 0.3) is 0 Å². The minimum absolute atomic E-state index is 0.156. The third kappa shape index (κ3) is 4.76. The van der Waals surface area contributed by atoms with Crippen LogP contribution in [0.2, 0.25) is 0 Å². The van der Waals surface area contributed by atoms with Crippen molar-refractivity contribution in [2.45, 2.75) is 12.5 Å². The Balaban J connectivity index is 1.67. The molecule has 0 bridgehead atoms. The molecule has 25 heavy (non-hydrogen) atoms. The van der Waals surface area contributed by atoms with E-state index in [9.17, 15) is 13.2 Å². The predicted octanol–water partition coefficient (Wildman–Crippen LogP) is 3.20. The lowest BCUT2D eigenvalue weighted by Crippen LogP contribution is -2.30. The topological polar surface area (TPSA) is 76.8 Å². The Bertz CT molecular complexity index is 807. The maximum absolute atomic E-state index is 12.3. The predicted molar refractivity (Wildman–Crippen MR) is 92.8 cm³/mol. The summed E-state index contributed by atoms with van der Waals surface area (Å²) in [4.78, 5) is 13.9. The second kappa shape index (κ2) is 7.49. The number of likely N-dealkylation sites (tertiary alicyclic amines) is 1. The third-order valence-corrected chi connectivity index (χ3v) is 5.49. The Hall–Kier alpha value is -1.99. The molecule has 0 aliphatic carbocycles. The van der Waals surface area contributed by atoms with Crippen molar-refractivity contribution < 1.29 is 22.4 Å². The van der Waals surface area contributed by atoms with Crippen LogP contribution in [0.4, 0.5) is 4.79 Å². The van der Waals surface area contributed by atoms with Gasteiger partial charge in [-0.2, -0.15) is 0 Å². The van der Waals surface area contributed by atoms with Crippen LogP contribution in [-0.2, 0) is 20.4 Å². The maximum Gasteiger partial charge on any atom is 0.410 e. The number of carbonyl (C=O) groups excluding carboxylic acids is 1. The first-order valence-electron chi connectivity index (χ1n) is 7.82. The van der Waals surface area contributed by atoms with Gasteiger partial charge < -0.3 is 14.1 Å². The fourth-order valence-corrected chi connectivity index (χ4v) is 4.45. The van der Waals surface area contributed by atoms with Gasteiger partial charge in [0.2, 0.25) is 9.05 Å². The summed E-state index contributed by atoms with van der Waals surface area (Å²) in [5, 5.41) is 0.